The summed E-state index contributed by atoms with van der Waals surface area (Å²) in [5.74, 6) is 1.08. The van der Waals surface area contributed by atoms with Gasteiger partial charge in [0.1, 0.15) is 11.4 Å². The van der Waals surface area contributed by atoms with Crippen LogP contribution >= 0.6 is 0 Å². The quantitative estimate of drug-likeness (QED) is 0.346. The van der Waals surface area contributed by atoms with Gasteiger partial charge in [0.25, 0.3) is 5.91 Å². The second-order valence-electron chi connectivity index (χ2n) is 8.33. The standard InChI is InChI=1S/C28H27N3O5/c1-17(2)36-21-7-5-6-19(12-21)27(32)26-23-14-25(35-4)24(34-3)13-22(23)20(15-30-26)16-31-28(33)18-8-10-29-11-9-18/h5-15,17H,16H2,1-4H3,(H,31,33). The summed E-state index contributed by atoms with van der Waals surface area (Å²) >= 11 is 0. The Balaban J connectivity index is 1.75. The van der Waals surface area contributed by atoms with Gasteiger partial charge < -0.3 is 19.5 Å². The molecule has 2 aromatic heterocycles. The molecule has 8 heteroatoms. The number of pyridine rings is 2. The molecule has 0 unspecified atom stereocenters. The molecule has 184 valence electrons. The Morgan fingerprint density at radius 2 is 1.61 bits per heavy atom. The molecule has 0 radical (unpaired) electrons. The Labute approximate surface area is 209 Å². The van der Waals surface area contributed by atoms with Crippen LogP contribution in [0, 0.1) is 0 Å². The van der Waals surface area contributed by atoms with E-state index in [4.69, 9.17) is 14.2 Å². The van der Waals surface area contributed by atoms with E-state index in [0.29, 0.717) is 33.8 Å². The Morgan fingerprint density at radius 1 is 0.917 bits per heavy atom. The summed E-state index contributed by atoms with van der Waals surface area (Å²) in [6, 6.07) is 13.8. The van der Waals surface area contributed by atoms with E-state index in [1.807, 2.05) is 19.9 Å². The van der Waals surface area contributed by atoms with Gasteiger partial charge in [-0.3, -0.25) is 19.6 Å². The molecular formula is C28H27N3O5. The van der Waals surface area contributed by atoms with Gasteiger partial charge in [-0.2, -0.15) is 0 Å². The third-order valence-electron chi connectivity index (χ3n) is 5.54. The second-order valence-corrected chi connectivity index (χ2v) is 8.33. The summed E-state index contributed by atoms with van der Waals surface area (Å²) in [6.07, 6.45) is 4.70. The second kappa shape index (κ2) is 10.9. The molecule has 4 rings (SSSR count). The Bertz CT molecular complexity index is 1400. The van der Waals surface area contributed by atoms with Crippen molar-refractivity contribution in [3.63, 3.8) is 0 Å². The summed E-state index contributed by atoms with van der Waals surface area (Å²) in [5.41, 5.74) is 1.94. The number of carbonyl (C=O) groups excluding carboxylic acids is 2. The predicted molar refractivity (Wildman–Crippen MR) is 136 cm³/mol. The lowest BCUT2D eigenvalue weighted by Crippen LogP contribution is -2.23. The van der Waals surface area contributed by atoms with E-state index in [9.17, 15) is 9.59 Å². The van der Waals surface area contributed by atoms with Crippen molar-refractivity contribution in [2.24, 2.45) is 0 Å². The molecular weight excluding hydrogens is 458 g/mol. The van der Waals surface area contributed by atoms with E-state index in [2.05, 4.69) is 15.3 Å². The monoisotopic (exact) mass is 485 g/mol. The average Bonchev–Trinajstić information content (AvgIpc) is 2.90. The Hall–Kier alpha value is -4.46. The molecule has 0 saturated heterocycles. The highest BCUT2D eigenvalue weighted by molar-refractivity contribution is 6.15. The van der Waals surface area contributed by atoms with Gasteiger partial charge in [0.2, 0.25) is 5.78 Å². The first-order valence-electron chi connectivity index (χ1n) is 11.4. The van der Waals surface area contributed by atoms with Gasteiger partial charge in [-0.15, -0.1) is 0 Å². The SMILES string of the molecule is COc1cc2c(CNC(=O)c3ccncc3)cnc(C(=O)c3cccc(OC(C)C)c3)c2cc1OC. The van der Waals surface area contributed by atoms with Crippen LogP contribution in [-0.4, -0.2) is 42.0 Å². The van der Waals surface area contributed by atoms with Crippen molar-refractivity contribution in [1.82, 2.24) is 15.3 Å². The third-order valence-corrected chi connectivity index (χ3v) is 5.54. The number of ketones is 1. The van der Waals surface area contributed by atoms with Crippen LogP contribution in [0.15, 0.2) is 67.1 Å². The predicted octanol–water partition coefficient (Wildman–Crippen LogP) is 4.60. The maximum absolute atomic E-state index is 13.5. The first-order chi connectivity index (χ1) is 17.4. The molecule has 36 heavy (non-hydrogen) atoms. The first-order valence-corrected chi connectivity index (χ1v) is 11.4. The molecule has 8 nitrogen and oxygen atoms in total. The summed E-state index contributed by atoms with van der Waals surface area (Å²) in [6.45, 7) is 4.05. The number of nitrogens with zero attached hydrogens (tertiary/aromatic N) is 2. The number of fused-ring (bicyclic) bond motifs is 1. The third kappa shape index (κ3) is 5.27. The summed E-state index contributed by atoms with van der Waals surface area (Å²) in [5, 5.41) is 4.20. The van der Waals surface area contributed by atoms with Crippen molar-refractivity contribution in [3.8, 4) is 17.2 Å². The molecule has 2 heterocycles. The van der Waals surface area contributed by atoms with E-state index in [1.54, 1.807) is 68.2 Å². The van der Waals surface area contributed by atoms with Crippen molar-refractivity contribution < 1.29 is 23.8 Å². The zero-order valence-electron chi connectivity index (χ0n) is 20.6. The van der Waals surface area contributed by atoms with Crippen LogP contribution in [0.25, 0.3) is 10.8 Å². The van der Waals surface area contributed by atoms with Crippen LogP contribution in [0.5, 0.6) is 17.2 Å². The number of benzene rings is 2. The maximum Gasteiger partial charge on any atom is 0.251 e. The van der Waals surface area contributed by atoms with Crippen molar-refractivity contribution in [2.75, 3.05) is 14.2 Å². The fourth-order valence-corrected chi connectivity index (χ4v) is 3.84. The highest BCUT2D eigenvalue weighted by atomic mass is 16.5. The summed E-state index contributed by atoms with van der Waals surface area (Å²) in [7, 11) is 3.08. The van der Waals surface area contributed by atoms with E-state index < -0.39 is 0 Å². The van der Waals surface area contributed by atoms with Crippen molar-refractivity contribution in [3.05, 3.63) is 89.5 Å². The van der Waals surface area contributed by atoms with Gasteiger partial charge in [0.15, 0.2) is 11.5 Å². The van der Waals surface area contributed by atoms with Crippen molar-refractivity contribution in [2.45, 2.75) is 26.5 Å². The average molecular weight is 486 g/mol. The lowest BCUT2D eigenvalue weighted by atomic mass is 9.98. The number of hydrogen-bond acceptors (Lipinski definition) is 7. The van der Waals surface area contributed by atoms with E-state index in [1.165, 1.54) is 7.11 Å². The normalized spacial score (nSPS) is 10.8. The van der Waals surface area contributed by atoms with Crippen LogP contribution in [-0.2, 0) is 6.54 Å². The lowest BCUT2D eigenvalue weighted by Gasteiger charge is -2.15. The number of carbonyl (C=O) groups is 2. The number of amides is 1. The molecule has 1 N–H and O–H groups in total. The van der Waals surface area contributed by atoms with Crippen LogP contribution in [0.1, 0.15) is 45.8 Å². The molecule has 0 aliphatic rings. The molecule has 0 bridgehead atoms. The minimum atomic E-state index is -0.256. The maximum atomic E-state index is 13.5. The molecule has 0 fully saturated rings. The van der Waals surface area contributed by atoms with E-state index in [0.717, 1.165) is 10.9 Å². The minimum absolute atomic E-state index is 0.0207. The minimum Gasteiger partial charge on any atom is -0.493 e. The van der Waals surface area contributed by atoms with Crippen LogP contribution in [0.4, 0.5) is 0 Å². The van der Waals surface area contributed by atoms with Crippen molar-refractivity contribution in [1.29, 1.82) is 0 Å². The fourth-order valence-electron chi connectivity index (χ4n) is 3.84. The van der Waals surface area contributed by atoms with E-state index >= 15 is 0 Å². The Kier molecular flexibility index (Phi) is 7.44. The number of ether oxygens (including phenoxy) is 3. The Morgan fingerprint density at radius 3 is 2.28 bits per heavy atom. The molecule has 4 aromatic rings. The van der Waals surface area contributed by atoms with Gasteiger partial charge in [-0.1, -0.05) is 12.1 Å². The highest BCUT2D eigenvalue weighted by Crippen LogP contribution is 2.35. The molecule has 0 atom stereocenters. The molecule has 0 saturated carbocycles. The van der Waals surface area contributed by atoms with Gasteiger partial charge in [0.05, 0.1) is 20.3 Å². The summed E-state index contributed by atoms with van der Waals surface area (Å²) < 4.78 is 16.7. The van der Waals surface area contributed by atoms with Gasteiger partial charge in [-0.25, -0.2) is 0 Å². The summed E-state index contributed by atoms with van der Waals surface area (Å²) in [4.78, 5) is 34.6. The van der Waals surface area contributed by atoms with E-state index in [-0.39, 0.29) is 30.0 Å². The largest absolute Gasteiger partial charge is 0.493 e. The number of hydrogen-bond donors (Lipinski definition) is 1. The van der Waals surface area contributed by atoms with Crippen LogP contribution < -0.4 is 19.5 Å². The number of nitrogens with one attached hydrogen (secondary N) is 1. The molecule has 0 aliphatic carbocycles. The number of methoxy groups -OCH3 is 2. The van der Waals surface area contributed by atoms with Crippen LogP contribution in [0.3, 0.4) is 0 Å². The number of aromatic nitrogens is 2. The zero-order chi connectivity index (χ0) is 25.7. The molecule has 0 spiro atoms. The molecule has 2 aromatic carbocycles. The highest BCUT2D eigenvalue weighted by Gasteiger charge is 2.20. The first kappa shape index (κ1) is 24.7. The lowest BCUT2D eigenvalue weighted by molar-refractivity contribution is 0.0950. The van der Waals surface area contributed by atoms with Crippen molar-refractivity contribution >= 4 is 22.5 Å². The van der Waals surface area contributed by atoms with Gasteiger partial charge in [-0.05, 0) is 61.2 Å². The zero-order valence-corrected chi connectivity index (χ0v) is 20.6. The topological polar surface area (TPSA) is 99.6 Å². The molecule has 0 aliphatic heterocycles. The fraction of sp³-hybridized carbons (Fsp3) is 0.214. The van der Waals surface area contributed by atoms with Crippen LogP contribution in [0.2, 0.25) is 0 Å². The molecule has 1 amide bonds. The smallest absolute Gasteiger partial charge is 0.251 e. The number of rotatable bonds is 9. The van der Waals surface area contributed by atoms with Gasteiger partial charge in [0, 0.05) is 41.6 Å². The van der Waals surface area contributed by atoms with Gasteiger partial charge >= 0.3 is 0 Å².